The molecule has 2 aromatic rings. The van der Waals surface area contributed by atoms with E-state index in [1.165, 1.54) is 0 Å². The van der Waals surface area contributed by atoms with Crippen molar-refractivity contribution in [3.05, 3.63) is 110 Å². The van der Waals surface area contributed by atoms with Gasteiger partial charge in [-0.2, -0.15) is 0 Å². The zero-order valence-corrected chi connectivity index (χ0v) is 37.9. The van der Waals surface area contributed by atoms with Gasteiger partial charge in [0.2, 0.25) is 0 Å². The summed E-state index contributed by atoms with van der Waals surface area (Å²) >= 11 is 0. The van der Waals surface area contributed by atoms with Crippen LogP contribution in [0.2, 0.25) is 0 Å². The van der Waals surface area contributed by atoms with E-state index in [4.69, 9.17) is 37.9 Å². The van der Waals surface area contributed by atoms with Crippen LogP contribution in [0.4, 0.5) is 0 Å². The van der Waals surface area contributed by atoms with Crippen molar-refractivity contribution in [2.45, 2.75) is 129 Å². The molecule has 0 radical (unpaired) electrons. The number of benzene rings is 2. The summed E-state index contributed by atoms with van der Waals surface area (Å²) in [5.74, 6) is 0.386. The zero-order chi connectivity index (χ0) is 46.2. The quantitative estimate of drug-likeness (QED) is 0.0348. The molecule has 6 atom stereocenters. The molecule has 0 fully saturated rings. The molecule has 3 rings (SSSR count). The second-order valence-electron chi connectivity index (χ2n) is 15.7. The van der Waals surface area contributed by atoms with Gasteiger partial charge >= 0.3 is 23.9 Å². The first-order valence-electron chi connectivity index (χ1n) is 22.1. The molecule has 12 nitrogen and oxygen atoms in total. The summed E-state index contributed by atoms with van der Waals surface area (Å²) in [4.78, 5) is 48.0. The summed E-state index contributed by atoms with van der Waals surface area (Å²) in [6, 6.07) is 11.6. The number of ether oxygens (including phenoxy) is 8. The lowest BCUT2D eigenvalue weighted by Crippen LogP contribution is -2.29. The van der Waals surface area contributed by atoms with Crippen molar-refractivity contribution >= 4 is 23.9 Å². The van der Waals surface area contributed by atoms with Gasteiger partial charge in [-0.1, -0.05) is 79.5 Å². The van der Waals surface area contributed by atoms with Crippen LogP contribution < -0.4 is 18.9 Å². The van der Waals surface area contributed by atoms with Gasteiger partial charge in [0.1, 0.15) is 73.8 Å². The molecular weight excluding hydrogens is 805 g/mol. The summed E-state index contributed by atoms with van der Waals surface area (Å²) in [7, 11) is 0. The van der Waals surface area contributed by atoms with Crippen LogP contribution >= 0.6 is 0 Å². The van der Waals surface area contributed by atoms with Gasteiger partial charge in [-0.3, -0.25) is 0 Å². The number of hydrogen-bond donors (Lipinski definition) is 0. The van der Waals surface area contributed by atoms with E-state index in [0.29, 0.717) is 67.4 Å². The van der Waals surface area contributed by atoms with E-state index in [-0.39, 0.29) is 26.4 Å². The molecule has 344 valence electrons. The minimum atomic E-state index is -0.535. The number of hydrogen-bond acceptors (Lipinski definition) is 12. The molecule has 1 aliphatic rings. The lowest BCUT2D eigenvalue weighted by molar-refractivity contribution is -0.145. The van der Waals surface area contributed by atoms with Crippen molar-refractivity contribution in [3.8, 4) is 23.0 Å². The summed E-state index contributed by atoms with van der Waals surface area (Å²) < 4.78 is 47.3. The molecule has 0 N–H and O–H groups in total. The fourth-order valence-corrected chi connectivity index (χ4v) is 7.13. The van der Waals surface area contributed by atoms with Crippen molar-refractivity contribution in [1.82, 2.24) is 0 Å². The average molecular weight is 873 g/mol. The molecule has 1 aliphatic carbocycles. The summed E-state index contributed by atoms with van der Waals surface area (Å²) in [5, 5.41) is 0. The van der Waals surface area contributed by atoms with Gasteiger partial charge in [0.25, 0.3) is 0 Å². The van der Waals surface area contributed by atoms with Crippen molar-refractivity contribution in [3.63, 3.8) is 0 Å². The molecule has 0 saturated heterocycles. The van der Waals surface area contributed by atoms with Crippen LogP contribution in [-0.4, -0.2) is 74.7 Å². The standard InChI is InChI=1S/C51H68O12/c1-10-39(34-58-47(52)14-5)60-45-25-37(26-46(30-45)61-40(11-2)35-59-48(53)15-6)22-24-51(23-20-18-19-21-36(9)31-51)38-27-43(56-32-41(12-3)62-49(54)16-7)29-44(28-38)57-33-42(13-4)63-50(55)17-8/h14-17,20,23,25-30,36,39-42H,5-8,10-13,18-19,21-22,24,31-35H2,1-4,9H3/t36?,39?,40?,41?,42?,51-/m1/s1. The first-order valence-corrected chi connectivity index (χ1v) is 22.1. The first-order chi connectivity index (χ1) is 30.3. The maximum atomic E-state index is 12.1. The molecule has 0 amide bonds. The third kappa shape index (κ3) is 17.9. The molecule has 0 aromatic heterocycles. The number of allylic oxidation sites excluding steroid dienone is 2. The van der Waals surface area contributed by atoms with Crippen LogP contribution in [-0.2, 0) is 50.0 Å². The van der Waals surface area contributed by atoms with Gasteiger partial charge in [0, 0.05) is 41.9 Å². The zero-order valence-electron chi connectivity index (χ0n) is 37.9. The molecule has 12 heteroatoms. The Kier molecular flexibility index (Phi) is 22.4. The van der Waals surface area contributed by atoms with Crippen molar-refractivity contribution in [2.24, 2.45) is 5.92 Å². The second kappa shape index (κ2) is 27.3. The van der Waals surface area contributed by atoms with Gasteiger partial charge in [-0.05, 0) is 99.1 Å². The Morgan fingerprint density at radius 3 is 1.54 bits per heavy atom. The average Bonchev–Trinajstić information content (AvgIpc) is 3.29. The van der Waals surface area contributed by atoms with Crippen molar-refractivity contribution < 1.29 is 57.1 Å². The molecule has 0 saturated carbocycles. The normalized spacial score (nSPS) is 17.8. The van der Waals surface area contributed by atoms with Crippen LogP contribution in [0.15, 0.2) is 99.2 Å². The highest BCUT2D eigenvalue weighted by atomic mass is 16.6. The maximum Gasteiger partial charge on any atom is 0.330 e. The summed E-state index contributed by atoms with van der Waals surface area (Å²) in [6.45, 7) is 24.3. The van der Waals surface area contributed by atoms with Gasteiger partial charge in [-0.15, -0.1) is 0 Å². The highest BCUT2D eigenvalue weighted by Crippen LogP contribution is 2.43. The van der Waals surface area contributed by atoms with E-state index >= 15 is 0 Å². The lowest BCUT2D eigenvalue weighted by atomic mass is 9.68. The van der Waals surface area contributed by atoms with Crippen LogP contribution in [0.1, 0.15) is 104 Å². The fourth-order valence-electron chi connectivity index (χ4n) is 7.13. The van der Waals surface area contributed by atoms with Gasteiger partial charge in [0.05, 0.1) is 0 Å². The van der Waals surface area contributed by atoms with Crippen LogP contribution in [0.25, 0.3) is 0 Å². The SMILES string of the molecule is C=CC(=O)OCC(CC)Oc1cc(CC[C@]2(c3cc(OCC(CC)OC(=O)C=C)cc(OCC(CC)OC(=O)C=C)c3)C=CCCCC(C)C2)cc(OC(CC)COC(=O)C=C)c1. The molecule has 0 spiro atoms. The highest BCUT2D eigenvalue weighted by Gasteiger charge is 2.33. The lowest BCUT2D eigenvalue weighted by Gasteiger charge is -2.36. The van der Waals surface area contributed by atoms with Crippen LogP contribution in [0, 0.1) is 5.92 Å². The topological polar surface area (TPSA) is 142 Å². The Morgan fingerprint density at radius 1 is 0.635 bits per heavy atom. The number of esters is 4. The van der Waals surface area contributed by atoms with Gasteiger partial charge in [-0.25, -0.2) is 19.2 Å². The Hall–Kier alpha value is -5.78. The van der Waals surface area contributed by atoms with E-state index in [9.17, 15) is 19.2 Å². The predicted octanol–water partition coefficient (Wildman–Crippen LogP) is 9.87. The Labute approximate surface area is 374 Å². The second-order valence-corrected chi connectivity index (χ2v) is 15.7. The smallest absolute Gasteiger partial charge is 0.330 e. The Bertz CT molecular complexity index is 1760. The van der Waals surface area contributed by atoms with Crippen molar-refractivity contribution in [1.29, 1.82) is 0 Å². The third-order valence-electron chi connectivity index (χ3n) is 10.8. The molecular formula is C51H68O12. The molecule has 0 bridgehead atoms. The molecule has 0 heterocycles. The minimum Gasteiger partial charge on any atom is -0.490 e. The van der Waals surface area contributed by atoms with Gasteiger partial charge in [0.15, 0.2) is 0 Å². The molecule has 63 heavy (non-hydrogen) atoms. The van der Waals surface area contributed by atoms with Gasteiger partial charge < -0.3 is 37.9 Å². The summed E-state index contributed by atoms with van der Waals surface area (Å²) in [5.41, 5.74) is 1.42. The number of carbonyl (C=O) groups is 4. The first kappa shape index (κ1) is 51.6. The van der Waals surface area contributed by atoms with Crippen LogP contribution in [0.3, 0.4) is 0 Å². The molecule has 5 unspecified atom stereocenters. The number of carbonyl (C=O) groups excluding carboxylic acids is 4. The van der Waals surface area contributed by atoms with E-state index in [1.807, 2.05) is 52.0 Å². The number of rotatable bonds is 28. The minimum absolute atomic E-state index is 0.0385. The largest absolute Gasteiger partial charge is 0.490 e. The maximum absolute atomic E-state index is 12.1. The molecule has 2 aromatic carbocycles. The summed E-state index contributed by atoms with van der Waals surface area (Å²) in [6.07, 6.45) is 14.5. The fraction of sp³-hybridized carbons (Fsp3) is 0.490. The van der Waals surface area contributed by atoms with Crippen LogP contribution in [0.5, 0.6) is 23.0 Å². The monoisotopic (exact) mass is 872 g/mol. The predicted molar refractivity (Wildman–Crippen MR) is 243 cm³/mol. The highest BCUT2D eigenvalue weighted by molar-refractivity contribution is 5.82. The third-order valence-corrected chi connectivity index (χ3v) is 10.8. The molecule has 0 aliphatic heterocycles. The van der Waals surface area contributed by atoms with E-state index in [0.717, 1.165) is 61.1 Å². The van der Waals surface area contributed by atoms with E-state index in [1.54, 1.807) is 12.1 Å². The Morgan fingerprint density at radius 2 is 1.10 bits per heavy atom. The Balaban J connectivity index is 2.13. The van der Waals surface area contributed by atoms with E-state index in [2.05, 4.69) is 45.4 Å². The number of aryl methyl sites for hydroxylation is 1. The van der Waals surface area contributed by atoms with Crippen molar-refractivity contribution in [2.75, 3.05) is 26.4 Å². The van der Waals surface area contributed by atoms with E-state index < -0.39 is 53.7 Å².